The van der Waals surface area contributed by atoms with E-state index in [0.717, 1.165) is 25.1 Å². The molecule has 108 valence electrons. The number of carbonyl (C=O) groups is 1. The monoisotopic (exact) mass is 292 g/mol. The van der Waals surface area contributed by atoms with E-state index in [1.54, 1.807) is 0 Å². The number of rotatable bonds is 3. The Labute approximate surface area is 125 Å². The maximum Gasteiger partial charge on any atom is 0.228 e. The molecule has 2 fully saturated rings. The highest BCUT2D eigenvalue weighted by Crippen LogP contribution is 2.43. The Morgan fingerprint density at radius 2 is 2.35 bits per heavy atom. The van der Waals surface area contributed by atoms with Crippen molar-refractivity contribution in [3.63, 3.8) is 0 Å². The van der Waals surface area contributed by atoms with E-state index in [1.807, 2.05) is 24.3 Å². The minimum absolute atomic E-state index is 0.170. The summed E-state index contributed by atoms with van der Waals surface area (Å²) < 4.78 is 0. The molecule has 0 radical (unpaired) electrons. The lowest BCUT2D eigenvalue weighted by atomic mass is 9.67. The van der Waals surface area contributed by atoms with E-state index in [-0.39, 0.29) is 11.3 Å². The van der Waals surface area contributed by atoms with Gasteiger partial charge < -0.3 is 10.6 Å². The fourth-order valence-corrected chi connectivity index (χ4v) is 3.91. The third-order valence-electron chi connectivity index (χ3n) is 4.83. The third kappa shape index (κ3) is 2.57. The van der Waals surface area contributed by atoms with Gasteiger partial charge in [-0.05, 0) is 43.0 Å². The van der Waals surface area contributed by atoms with Crippen LogP contribution in [-0.2, 0) is 11.3 Å². The number of hydrogen-bond donors (Lipinski definition) is 2. The molecule has 0 aromatic heterocycles. The number of benzene rings is 1. The molecule has 1 amide bonds. The maximum absolute atomic E-state index is 12.7. The minimum Gasteiger partial charge on any atom is -0.351 e. The van der Waals surface area contributed by atoms with Crippen LogP contribution in [0.25, 0.3) is 0 Å². The zero-order chi connectivity index (χ0) is 14.0. The maximum atomic E-state index is 12.7. The van der Waals surface area contributed by atoms with Crippen LogP contribution in [0.2, 0.25) is 5.02 Å². The Morgan fingerprint density at radius 3 is 3.20 bits per heavy atom. The first-order valence-electron chi connectivity index (χ1n) is 7.44. The Kier molecular flexibility index (Phi) is 3.99. The molecule has 3 nitrogen and oxygen atoms in total. The summed E-state index contributed by atoms with van der Waals surface area (Å²) in [4.78, 5) is 12.7. The van der Waals surface area contributed by atoms with Gasteiger partial charge in [-0.3, -0.25) is 4.79 Å². The van der Waals surface area contributed by atoms with Gasteiger partial charge in [0.05, 0.1) is 5.41 Å². The van der Waals surface area contributed by atoms with Crippen molar-refractivity contribution in [1.82, 2.24) is 10.6 Å². The normalized spacial score (nSPS) is 28.9. The molecule has 1 saturated carbocycles. The molecule has 1 saturated heterocycles. The van der Waals surface area contributed by atoms with Gasteiger partial charge in [-0.25, -0.2) is 0 Å². The molecule has 2 atom stereocenters. The molecule has 1 aromatic rings. The summed E-state index contributed by atoms with van der Waals surface area (Å²) in [6, 6.07) is 7.67. The fraction of sp³-hybridized carbons (Fsp3) is 0.562. The van der Waals surface area contributed by atoms with Crippen molar-refractivity contribution in [1.29, 1.82) is 0 Å². The van der Waals surface area contributed by atoms with Gasteiger partial charge in [-0.2, -0.15) is 0 Å². The van der Waals surface area contributed by atoms with Crippen molar-refractivity contribution in [3.8, 4) is 0 Å². The van der Waals surface area contributed by atoms with Gasteiger partial charge in [-0.1, -0.05) is 36.6 Å². The van der Waals surface area contributed by atoms with E-state index in [1.165, 1.54) is 19.3 Å². The standard InChI is InChI=1S/C16H21ClN2O/c17-14-6-3-4-12(8-14)9-19-15(20)16-7-2-1-5-13(16)10-18-11-16/h3-4,6,8,13,18H,1-2,5,7,9-11H2,(H,19,20)/t13-,16+/m0/s1. The predicted molar refractivity (Wildman–Crippen MR) is 80.6 cm³/mol. The van der Waals surface area contributed by atoms with Crippen LogP contribution in [0.5, 0.6) is 0 Å². The molecule has 20 heavy (non-hydrogen) atoms. The van der Waals surface area contributed by atoms with E-state index in [2.05, 4.69) is 10.6 Å². The predicted octanol–water partition coefficient (Wildman–Crippen LogP) is 2.74. The second kappa shape index (κ2) is 5.74. The lowest BCUT2D eigenvalue weighted by Crippen LogP contribution is -2.47. The quantitative estimate of drug-likeness (QED) is 0.899. The van der Waals surface area contributed by atoms with Crippen molar-refractivity contribution >= 4 is 17.5 Å². The smallest absolute Gasteiger partial charge is 0.228 e. The van der Waals surface area contributed by atoms with Crippen molar-refractivity contribution < 1.29 is 4.79 Å². The summed E-state index contributed by atoms with van der Waals surface area (Å²) in [5, 5.41) is 7.25. The summed E-state index contributed by atoms with van der Waals surface area (Å²) in [6.45, 7) is 2.39. The molecular weight excluding hydrogens is 272 g/mol. The van der Waals surface area contributed by atoms with Crippen LogP contribution in [0.4, 0.5) is 0 Å². The molecule has 4 heteroatoms. The van der Waals surface area contributed by atoms with Crippen LogP contribution in [0.3, 0.4) is 0 Å². The van der Waals surface area contributed by atoms with Crippen molar-refractivity contribution in [2.24, 2.45) is 11.3 Å². The van der Waals surface area contributed by atoms with E-state index < -0.39 is 0 Å². The SMILES string of the molecule is O=C(NCc1cccc(Cl)c1)[C@@]12CCCC[C@H]1CNC2. The number of carbonyl (C=O) groups excluding carboxylic acids is 1. The first-order chi connectivity index (χ1) is 9.71. The molecular formula is C16H21ClN2O. The summed E-state index contributed by atoms with van der Waals surface area (Å²) in [5.41, 5.74) is 0.886. The van der Waals surface area contributed by atoms with Crippen LogP contribution in [0, 0.1) is 11.3 Å². The average molecular weight is 293 g/mol. The van der Waals surface area contributed by atoms with Crippen molar-refractivity contribution in [2.75, 3.05) is 13.1 Å². The molecule has 3 rings (SSSR count). The van der Waals surface area contributed by atoms with Gasteiger partial charge in [0.25, 0.3) is 0 Å². The van der Waals surface area contributed by atoms with Crippen LogP contribution in [0.1, 0.15) is 31.2 Å². The van der Waals surface area contributed by atoms with Crippen LogP contribution in [0.15, 0.2) is 24.3 Å². The molecule has 1 heterocycles. The molecule has 2 aliphatic rings. The van der Waals surface area contributed by atoms with Crippen molar-refractivity contribution in [3.05, 3.63) is 34.9 Å². The van der Waals surface area contributed by atoms with Gasteiger partial charge in [0.2, 0.25) is 5.91 Å². The van der Waals surface area contributed by atoms with Gasteiger partial charge >= 0.3 is 0 Å². The zero-order valence-electron chi connectivity index (χ0n) is 11.6. The molecule has 0 unspecified atom stereocenters. The minimum atomic E-state index is -0.170. The van der Waals surface area contributed by atoms with Gasteiger partial charge in [0.1, 0.15) is 0 Å². The van der Waals surface area contributed by atoms with Gasteiger partial charge in [-0.15, -0.1) is 0 Å². The summed E-state index contributed by atoms with van der Waals surface area (Å²) >= 11 is 5.97. The molecule has 2 N–H and O–H groups in total. The molecule has 1 aliphatic carbocycles. The van der Waals surface area contributed by atoms with E-state index in [0.29, 0.717) is 17.5 Å². The Bertz CT molecular complexity index is 505. The molecule has 0 bridgehead atoms. The summed E-state index contributed by atoms with van der Waals surface area (Å²) in [5.74, 6) is 0.725. The summed E-state index contributed by atoms with van der Waals surface area (Å²) in [7, 11) is 0. The zero-order valence-corrected chi connectivity index (χ0v) is 12.4. The van der Waals surface area contributed by atoms with Gasteiger partial charge in [0, 0.05) is 18.1 Å². The molecule has 1 aliphatic heterocycles. The number of fused-ring (bicyclic) bond motifs is 1. The number of hydrogen-bond acceptors (Lipinski definition) is 2. The van der Waals surface area contributed by atoms with E-state index in [4.69, 9.17) is 11.6 Å². The highest BCUT2D eigenvalue weighted by Gasteiger charge is 2.49. The molecule has 0 spiro atoms. The van der Waals surface area contributed by atoms with Crippen LogP contribution >= 0.6 is 11.6 Å². The fourth-order valence-electron chi connectivity index (χ4n) is 3.70. The number of halogens is 1. The van der Waals surface area contributed by atoms with Crippen molar-refractivity contribution in [2.45, 2.75) is 32.2 Å². The Balaban J connectivity index is 1.66. The Hall–Kier alpha value is -1.06. The van der Waals surface area contributed by atoms with Crippen LogP contribution in [-0.4, -0.2) is 19.0 Å². The largest absolute Gasteiger partial charge is 0.351 e. The first kappa shape index (κ1) is 13.9. The van der Waals surface area contributed by atoms with E-state index >= 15 is 0 Å². The highest BCUT2D eigenvalue weighted by atomic mass is 35.5. The Morgan fingerprint density at radius 1 is 1.45 bits per heavy atom. The topological polar surface area (TPSA) is 41.1 Å². The highest BCUT2D eigenvalue weighted by molar-refractivity contribution is 6.30. The third-order valence-corrected chi connectivity index (χ3v) is 5.07. The second-order valence-corrected chi connectivity index (χ2v) is 6.48. The average Bonchev–Trinajstić information content (AvgIpc) is 2.90. The number of amides is 1. The lowest BCUT2D eigenvalue weighted by Gasteiger charge is -2.37. The van der Waals surface area contributed by atoms with Gasteiger partial charge in [0.15, 0.2) is 0 Å². The molecule has 1 aromatic carbocycles. The first-order valence-corrected chi connectivity index (χ1v) is 7.82. The lowest BCUT2D eigenvalue weighted by molar-refractivity contribution is -0.134. The second-order valence-electron chi connectivity index (χ2n) is 6.04. The summed E-state index contributed by atoms with van der Waals surface area (Å²) in [6.07, 6.45) is 4.63. The number of nitrogens with one attached hydrogen (secondary N) is 2. The van der Waals surface area contributed by atoms with Crippen LogP contribution < -0.4 is 10.6 Å². The van der Waals surface area contributed by atoms with E-state index in [9.17, 15) is 4.79 Å².